The minimum Gasteiger partial charge on any atom is -0.319 e. The number of nitrogens with zero attached hydrogens (tertiary/aromatic N) is 3. The normalized spacial score (nSPS) is 10.2. The van der Waals surface area contributed by atoms with Gasteiger partial charge in [0.2, 0.25) is 0 Å². The second-order valence-electron chi connectivity index (χ2n) is 5.53. The topological polar surface area (TPSA) is 70.7 Å². The van der Waals surface area contributed by atoms with E-state index >= 15 is 0 Å². The molecule has 0 saturated heterocycles. The number of para-hydroxylation sites is 1. The van der Waals surface area contributed by atoms with E-state index in [0.29, 0.717) is 16.9 Å². The summed E-state index contributed by atoms with van der Waals surface area (Å²) in [5.74, 6) is -0.341. The van der Waals surface area contributed by atoms with Gasteiger partial charge in [0, 0.05) is 5.69 Å². The summed E-state index contributed by atoms with van der Waals surface area (Å²) in [5, 5.41) is 16.2. The second-order valence-corrected chi connectivity index (χ2v) is 5.53. The third-order valence-corrected chi connectivity index (χ3v) is 3.69. The molecule has 5 nitrogen and oxygen atoms in total. The Morgan fingerprint density at radius 2 is 1.83 bits per heavy atom. The molecule has 1 amide bonds. The second kappa shape index (κ2) is 6.39. The molecule has 1 N–H and O–H groups in total. The summed E-state index contributed by atoms with van der Waals surface area (Å²) < 4.78 is 1.73. The van der Waals surface area contributed by atoms with Gasteiger partial charge in [-0.15, -0.1) is 0 Å². The zero-order valence-electron chi connectivity index (χ0n) is 13.4. The first-order valence-corrected chi connectivity index (χ1v) is 7.52. The van der Waals surface area contributed by atoms with E-state index in [-0.39, 0.29) is 5.91 Å². The van der Waals surface area contributed by atoms with Crippen LogP contribution in [0.2, 0.25) is 0 Å². The van der Waals surface area contributed by atoms with Gasteiger partial charge in [-0.2, -0.15) is 10.4 Å². The van der Waals surface area contributed by atoms with Gasteiger partial charge in [0.25, 0.3) is 5.91 Å². The molecule has 3 aromatic rings. The van der Waals surface area contributed by atoms with Crippen LogP contribution >= 0.6 is 0 Å². The summed E-state index contributed by atoms with van der Waals surface area (Å²) in [6.45, 7) is 3.91. The Kier molecular flexibility index (Phi) is 4.13. The van der Waals surface area contributed by atoms with Crippen molar-refractivity contribution in [3.05, 3.63) is 77.1 Å². The van der Waals surface area contributed by atoms with E-state index in [1.165, 1.54) is 0 Å². The summed E-state index contributed by atoms with van der Waals surface area (Å²) in [7, 11) is 0. The van der Waals surface area contributed by atoms with E-state index in [1.807, 2.05) is 38.1 Å². The van der Waals surface area contributed by atoms with E-state index in [2.05, 4.69) is 16.5 Å². The molecule has 2 aromatic carbocycles. The summed E-state index contributed by atoms with van der Waals surface area (Å²) in [6.07, 6.45) is 0. The molecule has 1 heterocycles. The van der Waals surface area contributed by atoms with Gasteiger partial charge in [-0.3, -0.25) is 4.79 Å². The monoisotopic (exact) mass is 316 g/mol. The van der Waals surface area contributed by atoms with E-state index in [4.69, 9.17) is 5.26 Å². The summed E-state index contributed by atoms with van der Waals surface area (Å²) in [5.41, 5.74) is 4.12. The molecule has 3 rings (SSSR count). The van der Waals surface area contributed by atoms with Crippen molar-refractivity contribution in [2.24, 2.45) is 0 Å². The fraction of sp³-hybridized carbons (Fsp3) is 0.105. The Morgan fingerprint density at radius 3 is 2.54 bits per heavy atom. The van der Waals surface area contributed by atoms with Crippen LogP contribution < -0.4 is 5.32 Å². The van der Waals surface area contributed by atoms with Gasteiger partial charge >= 0.3 is 0 Å². The van der Waals surface area contributed by atoms with Crippen molar-refractivity contribution in [1.82, 2.24) is 9.78 Å². The molecule has 0 atom stereocenters. The number of benzene rings is 2. The van der Waals surface area contributed by atoms with Crippen molar-refractivity contribution in [3.8, 4) is 11.8 Å². The van der Waals surface area contributed by atoms with Crippen LogP contribution in [0.25, 0.3) is 5.69 Å². The number of aromatic nitrogens is 2. The maximum atomic E-state index is 12.4. The Labute approximate surface area is 140 Å². The lowest BCUT2D eigenvalue weighted by atomic mass is 10.2. The lowest BCUT2D eigenvalue weighted by molar-refractivity contribution is 0.102. The van der Waals surface area contributed by atoms with Gasteiger partial charge in [0.1, 0.15) is 6.07 Å². The molecule has 0 aliphatic heterocycles. The molecular weight excluding hydrogens is 300 g/mol. The number of amides is 1. The van der Waals surface area contributed by atoms with Gasteiger partial charge < -0.3 is 5.32 Å². The third-order valence-electron chi connectivity index (χ3n) is 3.69. The predicted molar refractivity (Wildman–Crippen MR) is 92.1 cm³/mol. The lowest BCUT2D eigenvalue weighted by Gasteiger charge is -2.05. The standard InChI is InChI=1S/C19H16N4O/c1-13-7-9-16(10-8-13)23-14(2)11-18(22-23)19(24)21-17-6-4-3-5-15(17)12-20/h3-11H,1-2H3,(H,21,24). The molecule has 5 heteroatoms. The molecule has 24 heavy (non-hydrogen) atoms. The molecule has 0 aliphatic carbocycles. The quantitative estimate of drug-likeness (QED) is 0.802. The fourth-order valence-electron chi connectivity index (χ4n) is 2.41. The van der Waals surface area contributed by atoms with Crippen molar-refractivity contribution < 1.29 is 4.79 Å². The number of anilines is 1. The minimum atomic E-state index is -0.341. The maximum absolute atomic E-state index is 12.4. The Balaban J connectivity index is 1.88. The van der Waals surface area contributed by atoms with Crippen molar-refractivity contribution >= 4 is 11.6 Å². The van der Waals surface area contributed by atoms with Gasteiger partial charge in [0.15, 0.2) is 5.69 Å². The van der Waals surface area contributed by atoms with Gasteiger partial charge in [-0.25, -0.2) is 4.68 Å². The van der Waals surface area contributed by atoms with Crippen LogP contribution in [0.5, 0.6) is 0 Å². The number of nitrogens with one attached hydrogen (secondary N) is 1. The highest BCUT2D eigenvalue weighted by Gasteiger charge is 2.14. The van der Waals surface area contributed by atoms with Gasteiger partial charge in [0.05, 0.1) is 16.9 Å². The van der Waals surface area contributed by atoms with Crippen molar-refractivity contribution in [2.75, 3.05) is 5.32 Å². The van der Waals surface area contributed by atoms with Gasteiger partial charge in [-0.05, 0) is 44.2 Å². The van der Waals surface area contributed by atoms with Crippen LogP contribution in [0, 0.1) is 25.2 Å². The maximum Gasteiger partial charge on any atom is 0.276 e. The lowest BCUT2D eigenvalue weighted by Crippen LogP contribution is -2.14. The molecule has 0 spiro atoms. The number of hydrogen-bond donors (Lipinski definition) is 1. The Morgan fingerprint density at radius 1 is 1.12 bits per heavy atom. The minimum absolute atomic E-state index is 0.306. The Hall–Kier alpha value is -3.39. The number of hydrogen-bond acceptors (Lipinski definition) is 3. The zero-order valence-corrected chi connectivity index (χ0v) is 13.4. The fourth-order valence-corrected chi connectivity index (χ4v) is 2.41. The smallest absolute Gasteiger partial charge is 0.276 e. The average molecular weight is 316 g/mol. The molecule has 0 fully saturated rings. The van der Waals surface area contributed by atoms with Gasteiger partial charge in [-0.1, -0.05) is 29.8 Å². The molecule has 0 saturated carbocycles. The average Bonchev–Trinajstić information content (AvgIpc) is 2.98. The number of aryl methyl sites for hydroxylation is 2. The highest BCUT2D eigenvalue weighted by atomic mass is 16.1. The zero-order chi connectivity index (χ0) is 17.1. The van der Waals surface area contributed by atoms with Crippen LogP contribution in [-0.4, -0.2) is 15.7 Å². The highest BCUT2D eigenvalue weighted by Crippen LogP contribution is 2.17. The molecule has 1 aromatic heterocycles. The first kappa shape index (κ1) is 15.5. The summed E-state index contributed by atoms with van der Waals surface area (Å²) in [6, 6.07) is 18.6. The largest absolute Gasteiger partial charge is 0.319 e. The van der Waals surface area contributed by atoms with E-state index in [0.717, 1.165) is 16.9 Å². The molecular formula is C19H16N4O. The summed E-state index contributed by atoms with van der Waals surface area (Å²) in [4.78, 5) is 12.4. The van der Waals surface area contributed by atoms with Crippen LogP contribution in [-0.2, 0) is 0 Å². The van der Waals surface area contributed by atoms with Crippen molar-refractivity contribution in [1.29, 1.82) is 5.26 Å². The number of carbonyl (C=O) groups excluding carboxylic acids is 1. The van der Waals surface area contributed by atoms with Crippen molar-refractivity contribution in [3.63, 3.8) is 0 Å². The molecule has 0 bridgehead atoms. The highest BCUT2D eigenvalue weighted by molar-refractivity contribution is 6.03. The molecule has 0 unspecified atom stereocenters. The van der Waals surface area contributed by atoms with Crippen LogP contribution in [0.1, 0.15) is 27.3 Å². The van der Waals surface area contributed by atoms with Crippen molar-refractivity contribution in [2.45, 2.75) is 13.8 Å². The first-order valence-electron chi connectivity index (χ1n) is 7.52. The molecule has 118 valence electrons. The first-order chi connectivity index (χ1) is 11.6. The van der Waals surface area contributed by atoms with Crippen LogP contribution in [0.15, 0.2) is 54.6 Å². The van der Waals surface area contributed by atoms with E-state index < -0.39 is 0 Å². The summed E-state index contributed by atoms with van der Waals surface area (Å²) >= 11 is 0. The predicted octanol–water partition coefficient (Wildman–Crippen LogP) is 3.61. The SMILES string of the molecule is Cc1ccc(-n2nc(C(=O)Nc3ccccc3C#N)cc2C)cc1. The van der Waals surface area contributed by atoms with E-state index in [1.54, 1.807) is 35.0 Å². The number of rotatable bonds is 3. The number of nitriles is 1. The Bertz CT molecular complexity index is 933. The molecule has 0 aliphatic rings. The van der Waals surface area contributed by atoms with E-state index in [9.17, 15) is 4.79 Å². The van der Waals surface area contributed by atoms with Crippen LogP contribution in [0.4, 0.5) is 5.69 Å². The van der Waals surface area contributed by atoms with Crippen LogP contribution in [0.3, 0.4) is 0 Å². The number of carbonyl (C=O) groups is 1. The third kappa shape index (κ3) is 3.03. The molecule has 0 radical (unpaired) electrons.